The first-order valence-electron chi connectivity index (χ1n) is 5.69. The Morgan fingerprint density at radius 1 is 0.381 bits per heavy atom. The summed E-state index contributed by atoms with van der Waals surface area (Å²) in [5, 5.41) is 0. The van der Waals surface area contributed by atoms with Crippen molar-refractivity contribution >= 4 is 128 Å². The first kappa shape index (κ1) is 16.4. The van der Waals surface area contributed by atoms with Gasteiger partial charge >= 0.3 is 0 Å². The minimum Gasteiger partial charge on any atom is -0.115 e. The third-order valence-corrected chi connectivity index (χ3v) is 16.0. The third-order valence-electron chi connectivity index (χ3n) is 6.40. The first-order valence-corrected chi connectivity index (χ1v) is 9.85. The predicted molar refractivity (Wildman–Crippen MR) is 92.5 cm³/mol. The van der Waals surface area contributed by atoms with E-state index in [2.05, 4.69) is 0 Å². The summed E-state index contributed by atoms with van der Waals surface area (Å²) >= 11 is 73.1. The zero-order chi connectivity index (χ0) is 16.1. The van der Waals surface area contributed by atoms with E-state index in [1.54, 1.807) is 0 Å². The van der Waals surface area contributed by atoms with E-state index in [0.717, 1.165) is 0 Å². The lowest BCUT2D eigenvalue weighted by atomic mass is 9.42. The highest BCUT2D eigenvalue weighted by Crippen LogP contribution is 3.11. The number of alkyl halides is 11. The summed E-state index contributed by atoms with van der Waals surface area (Å²) in [4.78, 5) is -11.0. The maximum absolute atomic E-state index is 6.79. The fourth-order valence-corrected chi connectivity index (χ4v) is 14.8. The van der Waals surface area contributed by atoms with Gasteiger partial charge in [-0.1, -0.05) is 46.4 Å². The van der Waals surface area contributed by atoms with E-state index in [0.29, 0.717) is 0 Å². The van der Waals surface area contributed by atoms with Crippen molar-refractivity contribution < 1.29 is 0 Å². The van der Waals surface area contributed by atoms with Crippen molar-refractivity contribution in [1.29, 1.82) is 0 Å². The molecule has 0 nitrogen and oxygen atoms in total. The lowest BCUT2D eigenvalue weighted by Crippen LogP contribution is -2.98. The minimum atomic E-state index is -1.75. The Hall–Kier alpha value is 3.19. The molecule has 0 heterocycles. The summed E-state index contributed by atoms with van der Waals surface area (Å²) in [6.07, 6.45) is 0. The fourth-order valence-electron chi connectivity index (χ4n) is 5.88. The molecule has 0 spiro atoms. The fraction of sp³-hybridized carbons (Fsp3) is 1.00. The largest absolute Gasteiger partial charge is 0.162 e. The average molecular weight is 511 g/mol. The Labute approximate surface area is 174 Å². The number of hydrogen-bond donors (Lipinski definition) is 0. The molecule has 0 N–H and O–H groups in total. The second-order valence-corrected chi connectivity index (χ2v) is 13.1. The molecule has 0 saturated heterocycles. The zero-order valence-corrected chi connectivity index (χ0v) is 17.6. The van der Waals surface area contributed by atoms with Crippen molar-refractivity contribution in [2.24, 2.45) is 5.92 Å². The second-order valence-electron chi connectivity index (χ2n) is 6.35. The average Bonchev–Trinajstić information content (AvgIpc) is 2.59. The van der Waals surface area contributed by atoms with E-state index < -0.39 is 48.7 Å². The summed E-state index contributed by atoms with van der Waals surface area (Å²) in [6.45, 7) is 0. The van der Waals surface area contributed by atoms with Crippen molar-refractivity contribution in [3.63, 3.8) is 0 Å². The zero-order valence-electron chi connectivity index (χ0n) is 9.23. The number of hydrogen-bond acceptors (Lipinski definition) is 0. The predicted octanol–water partition coefficient (Wildman–Crippen LogP) is 5.86. The molecule has 0 aromatic rings. The lowest BCUT2D eigenvalue weighted by Gasteiger charge is -2.78. The molecule has 11 heteroatoms. The number of rotatable bonds is 0. The lowest BCUT2D eigenvalue weighted by molar-refractivity contribution is -0.0200. The molecule has 118 valence electrons. The highest BCUT2D eigenvalue weighted by molar-refractivity contribution is 6.78. The van der Waals surface area contributed by atoms with Crippen LogP contribution in [0.4, 0.5) is 0 Å². The number of halogens is 11. The summed E-state index contributed by atoms with van der Waals surface area (Å²) < 4.78 is -3.50. The Kier molecular flexibility index (Phi) is 2.46. The van der Waals surface area contributed by atoms with Crippen molar-refractivity contribution in [3.8, 4) is 0 Å². The molecule has 21 heavy (non-hydrogen) atoms. The molecule has 6 saturated carbocycles. The Bertz CT molecular complexity index is 628. The van der Waals surface area contributed by atoms with Gasteiger partial charge in [-0.25, -0.2) is 0 Å². The molecule has 0 radical (unpaired) electrons. The van der Waals surface area contributed by atoms with Crippen LogP contribution in [0.1, 0.15) is 0 Å². The quantitative estimate of drug-likeness (QED) is 0.358. The molecule has 4 atom stereocenters. The van der Waals surface area contributed by atoms with Gasteiger partial charge in [0.2, 0.25) is 0 Å². The van der Waals surface area contributed by atoms with Crippen molar-refractivity contribution in [1.82, 2.24) is 0 Å². The maximum atomic E-state index is 6.79. The molecule has 6 aliphatic rings. The molecule has 6 rings (SSSR count). The standard InChI is InChI=1S/C10HCl11/c11-2-1-3(12)5(14)4(1,13)10(20,21)7(2,16)8(5,17)6(2,15)9(3,18)19/h1H/t1?,2?,3-,4-,5?,6-,7-,8?/m1/s1. The van der Waals surface area contributed by atoms with Gasteiger partial charge in [-0.05, 0) is 0 Å². The van der Waals surface area contributed by atoms with Gasteiger partial charge in [0, 0.05) is 5.92 Å². The van der Waals surface area contributed by atoms with E-state index in [1.165, 1.54) is 0 Å². The molecule has 0 aromatic carbocycles. The molecule has 0 aliphatic heterocycles. The topological polar surface area (TPSA) is 0 Å². The van der Waals surface area contributed by atoms with Gasteiger partial charge in [-0.2, -0.15) is 0 Å². The van der Waals surface area contributed by atoms with Gasteiger partial charge in [0.1, 0.15) is 29.2 Å². The molecular weight excluding hydrogens is 510 g/mol. The van der Waals surface area contributed by atoms with Crippen LogP contribution in [0.3, 0.4) is 0 Å². The highest BCUT2D eigenvalue weighted by atomic mass is 35.5. The molecular formula is C10HCl11. The van der Waals surface area contributed by atoms with Crippen LogP contribution >= 0.6 is 128 Å². The molecule has 6 aliphatic carbocycles. The van der Waals surface area contributed by atoms with Crippen LogP contribution < -0.4 is 0 Å². The Balaban J connectivity index is 2.03. The molecule has 0 amide bonds. The van der Waals surface area contributed by atoms with E-state index in [9.17, 15) is 0 Å². The van der Waals surface area contributed by atoms with Crippen LogP contribution in [-0.2, 0) is 0 Å². The monoisotopic (exact) mass is 506 g/mol. The van der Waals surface area contributed by atoms with Crippen molar-refractivity contribution in [3.05, 3.63) is 0 Å². The second kappa shape index (κ2) is 3.15. The molecule has 0 unspecified atom stereocenters. The van der Waals surface area contributed by atoms with Crippen molar-refractivity contribution in [2.45, 2.75) is 42.8 Å². The third kappa shape index (κ3) is 0.721. The SMILES string of the molecule is ClC12C3(Cl)[C@@]4(Cl)C(Cl)(Cl)[C@@]1(Cl)C1C4(Cl)[C@]3(Cl)C(Cl)(Cl)[C@@]12Cl. The minimum absolute atomic E-state index is 0.805. The Morgan fingerprint density at radius 3 is 1.05 bits per heavy atom. The van der Waals surface area contributed by atoms with Crippen LogP contribution in [-0.4, -0.2) is 42.8 Å². The van der Waals surface area contributed by atoms with Crippen LogP contribution in [0.15, 0.2) is 0 Å². The highest BCUT2D eigenvalue weighted by Gasteiger charge is 3.28. The molecule has 0 aromatic heterocycles. The Morgan fingerprint density at radius 2 is 0.714 bits per heavy atom. The van der Waals surface area contributed by atoms with Gasteiger partial charge in [0.25, 0.3) is 0 Å². The van der Waals surface area contributed by atoms with Crippen LogP contribution in [0.25, 0.3) is 0 Å². The molecule has 6 fully saturated rings. The normalized spacial score (nSPS) is 79.9. The van der Waals surface area contributed by atoms with Crippen molar-refractivity contribution in [2.75, 3.05) is 0 Å². The van der Waals surface area contributed by atoms with Gasteiger partial charge in [0.05, 0.1) is 4.87 Å². The van der Waals surface area contributed by atoms with E-state index in [-0.39, 0.29) is 0 Å². The van der Waals surface area contributed by atoms with E-state index in [1.807, 2.05) is 0 Å². The summed E-state index contributed by atoms with van der Waals surface area (Å²) in [5.41, 5.74) is 0. The van der Waals surface area contributed by atoms with Crippen LogP contribution in [0.5, 0.6) is 0 Å². The summed E-state index contributed by atoms with van der Waals surface area (Å²) in [5.74, 6) is -0.805. The molecule has 4 bridgehead atoms. The summed E-state index contributed by atoms with van der Waals surface area (Å²) in [7, 11) is 0. The summed E-state index contributed by atoms with van der Waals surface area (Å²) in [6, 6.07) is 0. The smallest absolute Gasteiger partial charge is 0.115 e. The van der Waals surface area contributed by atoms with Crippen LogP contribution in [0, 0.1) is 5.92 Å². The van der Waals surface area contributed by atoms with Gasteiger partial charge in [-0.15, -0.1) is 81.2 Å². The first-order chi connectivity index (χ1) is 9.12. The maximum Gasteiger partial charge on any atom is 0.162 e. The van der Waals surface area contributed by atoms with Gasteiger partial charge in [-0.3, -0.25) is 0 Å². The van der Waals surface area contributed by atoms with E-state index >= 15 is 0 Å². The van der Waals surface area contributed by atoms with Gasteiger partial charge < -0.3 is 0 Å². The van der Waals surface area contributed by atoms with Crippen LogP contribution in [0.2, 0.25) is 0 Å². The van der Waals surface area contributed by atoms with E-state index in [4.69, 9.17) is 128 Å². The van der Waals surface area contributed by atoms with Gasteiger partial charge in [0.15, 0.2) is 8.67 Å².